The lowest BCUT2D eigenvalue weighted by molar-refractivity contribution is -0.141. The molecule has 1 atom stereocenters. The van der Waals surface area contributed by atoms with Crippen molar-refractivity contribution < 1.29 is 24.2 Å². The predicted molar refractivity (Wildman–Crippen MR) is 135 cm³/mol. The summed E-state index contributed by atoms with van der Waals surface area (Å²) in [4.78, 5) is 28.4. The Labute approximate surface area is 207 Å². The van der Waals surface area contributed by atoms with Gasteiger partial charge in [0.1, 0.15) is 17.3 Å². The van der Waals surface area contributed by atoms with E-state index in [0.717, 1.165) is 51.4 Å². The number of Topliss-reactive ketones (excluding diaryl/α,β-unsaturated/α-hetero) is 1. The molecule has 1 saturated carbocycles. The van der Waals surface area contributed by atoms with Crippen LogP contribution < -0.4 is 9.47 Å². The Hall–Kier alpha value is -3.28. The zero-order valence-corrected chi connectivity index (χ0v) is 20.7. The number of nitrogens with zero attached hydrogens (tertiary/aromatic N) is 1. The minimum Gasteiger partial charge on any atom is -0.507 e. The number of benzene rings is 2. The molecular formula is C29H35NO5. The topological polar surface area (TPSA) is 76.1 Å². The largest absolute Gasteiger partial charge is 0.507 e. The molecule has 186 valence electrons. The van der Waals surface area contributed by atoms with Crippen molar-refractivity contribution in [2.24, 2.45) is 0 Å². The number of rotatable bonds is 9. The highest BCUT2D eigenvalue weighted by molar-refractivity contribution is 6.46. The van der Waals surface area contributed by atoms with Gasteiger partial charge < -0.3 is 19.5 Å². The number of ether oxygens (including phenoxy) is 2. The average Bonchev–Trinajstić information content (AvgIpc) is 3.17. The fourth-order valence-corrected chi connectivity index (χ4v) is 5.19. The van der Waals surface area contributed by atoms with Crippen LogP contribution in [0, 0.1) is 0 Å². The highest BCUT2D eigenvalue weighted by Gasteiger charge is 2.49. The number of hydrogen-bond acceptors (Lipinski definition) is 5. The molecule has 0 radical (unpaired) electrons. The van der Waals surface area contributed by atoms with Gasteiger partial charge in [0.2, 0.25) is 0 Å². The molecular weight excluding hydrogens is 442 g/mol. The van der Waals surface area contributed by atoms with E-state index >= 15 is 0 Å². The highest BCUT2D eigenvalue weighted by atomic mass is 16.5. The normalized spacial score (nSPS) is 20.3. The molecule has 1 saturated heterocycles. The van der Waals surface area contributed by atoms with E-state index in [1.807, 2.05) is 24.3 Å². The van der Waals surface area contributed by atoms with Gasteiger partial charge in [-0.3, -0.25) is 9.59 Å². The lowest BCUT2D eigenvalue weighted by Crippen LogP contribution is -2.40. The number of likely N-dealkylation sites (tertiary alicyclic amines) is 1. The van der Waals surface area contributed by atoms with Gasteiger partial charge in [0.15, 0.2) is 0 Å². The third kappa shape index (κ3) is 5.21. The Morgan fingerprint density at radius 2 is 1.71 bits per heavy atom. The van der Waals surface area contributed by atoms with Gasteiger partial charge in [-0.25, -0.2) is 0 Å². The van der Waals surface area contributed by atoms with E-state index < -0.39 is 17.7 Å². The summed E-state index contributed by atoms with van der Waals surface area (Å²) < 4.78 is 11.4. The second-order valence-electron chi connectivity index (χ2n) is 9.32. The average molecular weight is 478 g/mol. The first-order valence-electron chi connectivity index (χ1n) is 12.7. The Morgan fingerprint density at radius 1 is 1.00 bits per heavy atom. The quantitative estimate of drug-likeness (QED) is 0.207. The zero-order chi connectivity index (χ0) is 24.8. The summed E-state index contributed by atoms with van der Waals surface area (Å²) in [6.45, 7) is 2.79. The molecule has 1 heterocycles. The number of unbranched alkanes of at least 4 members (excludes halogenated alkanes) is 2. The van der Waals surface area contributed by atoms with Gasteiger partial charge >= 0.3 is 0 Å². The first-order chi connectivity index (χ1) is 17.1. The van der Waals surface area contributed by atoms with E-state index in [1.165, 1.54) is 0 Å². The Morgan fingerprint density at radius 3 is 2.40 bits per heavy atom. The van der Waals surface area contributed by atoms with Crippen molar-refractivity contribution in [1.82, 2.24) is 4.90 Å². The molecule has 6 nitrogen and oxygen atoms in total. The number of carbonyl (C=O) groups excluding carboxylic acids is 2. The van der Waals surface area contributed by atoms with Gasteiger partial charge in [0, 0.05) is 17.2 Å². The number of hydrogen-bond donors (Lipinski definition) is 1. The predicted octanol–water partition coefficient (Wildman–Crippen LogP) is 6.02. The van der Waals surface area contributed by atoms with Crippen molar-refractivity contribution in [1.29, 1.82) is 0 Å². The third-order valence-corrected chi connectivity index (χ3v) is 7.03. The van der Waals surface area contributed by atoms with Crippen LogP contribution in [-0.2, 0) is 9.59 Å². The van der Waals surface area contributed by atoms with Crippen molar-refractivity contribution >= 4 is 17.4 Å². The fraction of sp³-hybridized carbons (Fsp3) is 0.448. The molecule has 1 amide bonds. The van der Waals surface area contributed by atoms with Crippen molar-refractivity contribution in [2.45, 2.75) is 70.4 Å². The molecule has 6 heteroatoms. The molecule has 35 heavy (non-hydrogen) atoms. The first kappa shape index (κ1) is 24.8. The van der Waals surface area contributed by atoms with E-state index in [0.29, 0.717) is 29.2 Å². The summed E-state index contributed by atoms with van der Waals surface area (Å²) in [6, 6.07) is 13.7. The van der Waals surface area contributed by atoms with E-state index in [-0.39, 0.29) is 17.4 Å². The van der Waals surface area contributed by atoms with Crippen LogP contribution in [0.4, 0.5) is 0 Å². The van der Waals surface area contributed by atoms with Crippen LogP contribution in [0.2, 0.25) is 0 Å². The third-order valence-electron chi connectivity index (χ3n) is 7.03. The Kier molecular flexibility index (Phi) is 8.11. The number of methoxy groups -OCH3 is 1. The van der Waals surface area contributed by atoms with Gasteiger partial charge in [-0.05, 0) is 49.6 Å². The standard InChI is InChI=1S/C29H35NO5/c1-3-4-10-19-35-22-17-15-20(16-18-22)27(31)25-26(23-13-8-9-14-24(23)34-2)30(29(33)28(25)32)21-11-6-5-7-12-21/h8-9,13-18,21,26,31H,3-7,10-12,19H2,1-2H3/b27-25-. The lowest BCUT2D eigenvalue weighted by Gasteiger charge is -2.35. The molecule has 2 fully saturated rings. The summed E-state index contributed by atoms with van der Waals surface area (Å²) in [5.74, 6) is -0.0762. The summed E-state index contributed by atoms with van der Waals surface area (Å²) in [5, 5.41) is 11.4. The first-order valence-corrected chi connectivity index (χ1v) is 12.7. The number of para-hydroxylation sites is 1. The number of carbonyl (C=O) groups is 2. The Bertz CT molecular complexity index is 1070. The SMILES string of the molecule is CCCCCOc1ccc(/C(O)=C2/C(=O)C(=O)N(C3CCCCC3)C2c2ccccc2OC)cc1. The van der Waals surface area contributed by atoms with Gasteiger partial charge in [0.25, 0.3) is 11.7 Å². The second kappa shape index (κ2) is 11.4. The molecule has 0 bridgehead atoms. The maximum Gasteiger partial charge on any atom is 0.295 e. The number of ketones is 1. The monoisotopic (exact) mass is 477 g/mol. The lowest BCUT2D eigenvalue weighted by atomic mass is 9.90. The van der Waals surface area contributed by atoms with E-state index in [9.17, 15) is 14.7 Å². The summed E-state index contributed by atoms with van der Waals surface area (Å²) in [5.41, 5.74) is 1.30. The van der Waals surface area contributed by atoms with Crippen LogP contribution >= 0.6 is 0 Å². The van der Waals surface area contributed by atoms with Crippen molar-refractivity contribution in [3.05, 3.63) is 65.2 Å². The zero-order valence-electron chi connectivity index (χ0n) is 20.7. The van der Waals surface area contributed by atoms with Crippen molar-refractivity contribution in [3.8, 4) is 11.5 Å². The van der Waals surface area contributed by atoms with E-state index in [4.69, 9.17) is 9.47 Å². The maximum absolute atomic E-state index is 13.4. The summed E-state index contributed by atoms with van der Waals surface area (Å²) in [6.07, 6.45) is 8.10. The molecule has 2 aromatic carbocycles. The molecule has 2 aliphatic rings. The van der Waals surface area contributed by atoms with Crippen LogP contribution in [0.1, 0.15) is 75.5 Å². The van der Waals surface area contributed by atoms with E-state index in [2.05, 4.69) is 6.92 Å². The van der Waals surface area contributed by atoms with Crippen LogP contribution in [0.15, 0.2) is 54.1 Å². The number of amides is 1. The van der Waals surface area contributed by atoms with Gasteiger partial charge in [-0.2, -0.15) is 0 Å². The maximum atomic E-state index is 13.4. The Balaban J connectivity index is 1.73. The van der Waals surface area contributed by atoms with Crippen molar-refractivity contribution in [2.75, 3.05) is 13.7 Å². The molecule has 0 spiro atoms. The molecule has 0 aromatic heterocycles. The molecule has 1 aliphatic carbocycles. The molecule has 1 unspecified atom stereocenters. The van der Waals surface area contributed by atoms with E-state index in [1.54, 1.807) is 36.3 Å². The molecule has 2 aromatic rings. The van der Waals surface area contributed by atoms with Crippen LogP contribution in [-0.4, -0.2) is 41.5 Å². The summed E-state index contributed by atoms with van der Waals surface area (Å²) >= 11 is 0. The minimum atomic E-state index is -0.695. The molecule has 4 rings (SSSR count). The van der Waals surface area contributed by atoms with Crippen molar-refractivity contribution in [3.63, 3.8) is 0 Å². The van der Waals surface area contributed by atoms with Crippen LogP contribution in [0.25, 0.3) is 5.76 Å². The van der Waals surface area contributed by atoms with Crippen LogP contribution in [0.5, 0.6) is 11.5 Å². The van der Waals surface area contributed by atoms with Gasteiger partial charge in [-0.15, -0.1) is 0 Å². The highest BCUT2D eigenvalue weighted by Crippen LogP contribution is 2.45. The number of aliphatic hydroxyl groups is 1. The smallest absolute Gasteiger partial charge is 0.295 e. The molecule has 1 N–H and O–H groups in total. The van der Waals surface area contributed by atoms with Crippen LogP contribution in [0.3, 0.4) is 0 Å². The van der Waals surface area contributed by atoms with Gasteiger partial charge in [-0.1, -0.05) is 57.2 Å². The fourth-order valence-electron chi connectivity index (χ4n) is 5.19. The molecule has 1 aliphatic heterocycles. The minimum absolute atomic E-state index is 0.0423. The number of aliphatic hydroxyl groups excluding tert-OH is 1. The summed E-state index contributed by atoms with van der Waals surface area (Å²) in [7, 11) is 1.57. The van der Waals surface area contributed by atoms with Gasteiger partial charge in [0.05, 0.1) is 25.3 Å². The second-order valence-corrected chi connectivity index (χ2v) is 9.32.